The van der Waals surface area contributed by atoms with Crippen LogP contribution in [0.15, 0.2) is 11.1 Å². The minimum absolute atomic E-state index is 0.221. The summed E-state index contributed by atoms with van der Waals surface area (Å²) in [6.07, 6.45) is -2.48. The molecule has 0 saturated heterocycles. The van der Waals surface area contributed by atoms with Gasteiger partial charge >= 0.3 is 17.9 Å². The fraction of sp³-hybridized carbons (Fsp3) is 0.808. The topological polar surface area (TPSA) is 140 Å². The van der Waals surface area contributed by atoms with Gasteiger partial charge in [-0.3, -0.25) is 14.4 Å². The van der Waals surface area contributed by atoms with E-state index >= 15 is 0 Å². The van der Waals surface area contributed by atoms with E-state index in [4.69, 9.17) is 14.2 Å². The van der Waals surface area contributed by atoms with E-state index in [-0.39, 0.29) is 19.3 Å². The molecule has 0 aromatic carbocycles. The SMILES string of the molecule is CC(=O)OC[C@]1(O)[C@@H](O)CC[C@@]2(C)C[C@H](OC(C)=O)C3=C(C)[C@@H](O)CC([C@@H](OC(C)=O)[C@@H]21)C3(C)C. The summed E-state index contributed by atoms with van der Waals surface area (Å²) in [7, 11) is 0. The number of aliphatic hydroxyl groups is 3. The van der Waals surface area contributed by atoms with Crippen LogP contribution in [-0.4, -0.2) is 69.9 Å². The summed E-state index contributed by atoms with van der Waals surface area (Å²) in [6, 6.07) is 0. The van der Waals surface area contributed by atoms with Crippen LogP contribution in [0.4, 0.5) is 0 Å². The number of rotatable bonds is 4. The monoisotopic (exact) mass is 496 g/mol. The molecule has 0 amide bonds. The average molecular weight is 497 g/mol. The van der Waals surface area contributed by atoms with E-state index in [1.54, 1.807) is 0 Å². The normalized spacial score (nSPS) is 40.6. The van der Waals surface area contributed by atoms with E-state index in [2.05, 4.69) is 0 Å². The van der Waals surface area contributed by atoms with Crippen LogP contribution in [-0.2, 0) is 28.6 Å². The van der Waals surface area contributed by atoms with Crippen molar-refractivity contribution in [3.63, 3.8) is 0 Å². The molecule has 2 fully saturated rings. The van der Waals surface area contributed by atoms with E-state index in [1.165, 1.54) is 20.8 Å². The van der Waals surface area contributed by atoms with Gasteiger partial charge in [-0.1, -0.05) is 20.8 Å². The molecule has 8 atom stereocenters. The Morgan fingerprint density at radius 2 is 1.60 bits per heavy atom. The Hall–Kier alpha value is -1.97. The largest absolute Gasteiger partial charge is 0.463 e. The lowest BCUT2D eigenvalue weighted by Crippen LogP contribution is -2.68. The molecular formula is C26H40O9. The van der Waals surface area contributed by atoms with Gasteiger partial charge in [-0.25, -0.2) is 0 Å². The molecule has 1 unspecified atom stereocenters. The number of carbonyl (C=O) groups is 3. The molecule has 198 valence electrons. The number of hydrogen-bond acceptors (Lipinski definition) is 9. The minimum atomic E-state index is -1.92. The highest BCUT2D eigenvalue weighted by molar-refractivity contribution is 5.67. The first-order valence-electron chi connectivity index (χ1n) is 12.3. The van der Waals surface area contributed by atoms with Crippen LogP contribution in [0, 0.1) is 22.7 Å². The summed E-state index contributed by atoms with van der Waals surface area (Å²) in [5, 5.41) is 34.1. The van der Waals surface area contributed by atoms with Crippen molar-refractivity contribution in [3.05, 3.63) is 11.1 Å². The summed E-state index contributed by atoms with van der Waals surface area (Å²) in [5.41, 5.74) is -1.85. The van der Waals surface area contributed by atoms with Crippen LogP contribution >= 0.6 is 0 Å². The number of hydrogen-bond donors (Lipinski definition) is 3. The molecule has 0 aromatic heterocycles. The Kier molecular flexibility index (Phi) is 7.48. The van der Waals surface area contributed by atoms with E-state index in [1.807, 2.05) is 27.7 Å². The van der Waals surface area contributed by atoms with Gasteiger partial charge in [0.2, 0.25) is 0 Å². The lowest BCUT2D eigenvalue weighted by Gasteiger charge is -2.61. The maximum Gasteiger partial charge on any atom is 0.303 e. The van der Waals surface area contributed by atoms with Crippen LogP contribution < -0.4 is 0 Å². The summed E-state index contributed by atoms with van der Waals surface area (Å²) >= 11 is 0. The van der Waals surface area contributed by atoms with E-state index < -0.39 is 77.2 Å². The molecule has 9 nitrogen and oxygen atoms in total. The van der Waals surface area contributed by atoms with Gasteiger partial charge in [0.1, 0.15) is 24.4 Å². The summed E-state index contributed by atoms with van der Waals surface area (Å²) in [5.74, 6) is -2.97. The third kappa shape index (κ3) is 4.87. The molecular weight excluding hydrogens is 456 g/mol. The Morgan fingerprint density at radius 3 is 2.14 bits per heavy atom. The Morgan fingerprint density at radius 1 is 1.00 bits per heavy atom. The Labute approximate surface area is 206 Å². The van der Waals surface area contributed by atoms with Gasteiger partial charge in [0, 0.05) is 32.6 Å². The predicted octanol–water partition coefficient (Wildman–Crippen LogP) is 2.05. The van der Waals surface area contributed by atoms with Crippen molar-refractivity contribution in [3.8, 4) is 0 Å². The average Bonchev–Trinajstić information content (AvgIpc) is 2.70. The third-order valence-electron chi connectivity index (χ3n) is 8.69. The van der Waals surface area contributed by atoms with Crippen LogP contribution in [0.2, 0.25) is 0 Å². The smallest absolute Gasteiger partial charge is 0.303 e. The first kappa shape index (κ1) is 27.6. The molecule has 0 spiro atoms. The van der Waals surface area contributed by atoms with E-state index in [0.29, 0.717) is 6.42 Å². The first-order chi connectivity index (χ1) is 16.0. The van der Waals surface area contributed by atoms with Crippen molar-refractivity contribution in [2.24, 2.45) is 22.7 Å². The lowest BCUT2D eigenvalue weighted by molar-refractivity contribution is -0.252. The fourth-order valence-electron chi connectivity index (χ4n) is 7.21. The van der Waals surface area contributed by atoms with Crippen LogP contribution in [0.5, 0.6) is 0 Å². The van der Waals surface area contributed by atoms with Crippen LogP contribution in [0.1, 0.15) is 74.1 Å². The predicted molar refractivity (Wildman–Crippen MR) is 125 cm³/mol. The fourth-order valence-corrected chi connectivity index (χ4v) is 7.21. The lowest BCUT2D eigenvalue weighted by atomic mass is 9.48. The molecule has 0 aromatic rings. The molecule has 2 saturated carbocycles. The second kappa shape index (κ2) is 9.48. The van der Waals surface area contributed by atoms with Crippen molar-refractivity contribution in [1.82, 2.24) is 0 Å². The summed E-state index contributed by atoms with van der Waals surface area (Å²) < 4.78 is 17.0. The Bertz CT molecular complexity index is 908. The zero-order chi connectivity index (χ0) is 26.5. The van der Waals surface area contributed by atoms with Crippen molar-refractivity contribution >= 4 is 17.9 Å². The molecule has 3 aliphatic carbocycles. The van der Waals surface area contributed by atoms with Gasteiger partial charge in [-0.15, -0.1) is 0 Å². The van der Waals surface area contributed by atoms with Crippen molar-refractivity contribution in [2.45, 2.75) is 104 Å². The maximum atomic E-state index is 12.4. The second-order valence-electron chi connectivity index (χ2n) is 11.5. The molecule has 35 heavy (non-hydrogen) atoms. The number of aliphatic hydroxyl groups excluding tert-OH is 2. The van der Waals surface area contributed by atoms with E-state index in [9.17, 15) is 29.7 Å². The molecule has 0 radical (unpaired) electrons. The zero-order valence-corrected chi connectivity index (χ0v) is 21.8. The van der Waals surface area contributed by atoms with Gasteiger partial charge in [0.25, 0.3) is 0 Å². The number of esters is 3. The number of fused-ring (bicyclic) bond motifs is 3. The molecule has 3 rings (SSSR count). The molecule has 9 heteroatoms. The van der Waals surface area contributed by atoms with Gasteiger partial charge in [-0.05, 0) is 54.6 Å². The standard InChI is InChI=1S/C26H40O9/c1-13-18(30)10-17-22(35-16(4)29)23-25(7,9-8-20(31)26(23,32)12-33-14(2)27)11-19(34-15(3)28)21(13)24(17,5)6/h17-20,22-23,30-32H,8-12H2,1-7H3/t17?,18-,19-,20-,22+,23-,25-,26-/m0/s1. The van der Waals surface area contributed by atoms with Crippen molar-refractivity contribution in [2.75, 3.05) is 6.61 Å². The number of ether oxygens (including phenoxy) is 3. The summed E-state index contributed by atoms with van der Waals surface area (Å²) in [6.45, 7) is 11.0. The highest BCUT2D eigenvalue weighted by atomic mass is 16.6. The Balaban J connectivity index is 2.30. The third-order valence-corrected chi connectivity index (χ3v) is 8.69. The second-order valence-corrected chi connectivity index (χ2v) is 11.5. The molecule has 3 N–H and O–H groups in total. The maximum absolute atomic E-state index is 12.4. The van der Waals surface area contributed by atoms with Gasteiger partial charge < -0.3 is 29.5 Å². The van der Waals surface area contributed by atoms with Gasteiger partial charge in [0.15, 0.2) is 0 Å². The van der Waals surface area contributed by atoms with Crippen LogP contribution in [0.25, 0.3) is 0 Å². The highest BCUT2D eigenvalue weighted by Gasteiger charge is 2.65. The molecule has 2 bridgehead atoms. The van der Waals surface area contributed by atoms with Gasteiger partial charge in [-0.2, -0.15) is 0 Å². The highest BCUT2D eigenvalue weighted by Crippen LogP contribution is 2.61. The van der Waals surface area contributed by atoms with Gasteiger partial charge in [0.05, 0.1) is 12.2 Å². The molecule has 0 aliphatic heterocycles. The minimum Gasteiger partial charge on any atom is -0.463 e. The number of carbonyl (C=O) groups excluding carboxylic acids is 3. The van der Waals surface area contributed by atoms with Crippen molar-refractivity contribution in [1.29, 1.82) is 0 Å². The first-order valence-corrected chi connectivity index (χ1v) is 12.3. The van der Waals surface area contributed by atoms with Crippen molar-refractivity contribution < 1.29 is 43.9 Å². The summed E-state index contributed by atoms with van der Waals surface area (Å²) in [4.78, 5) is 36.2. The quantitative estimate of drug-likeness (QED) is 0.303. The van der Waals surface area contributed by atoms with Crippen LogP contribution in [0.3, 0.4) is 0 Å². The zero-order valence-electron chi connectivity index (χ0n) is 21.8. The van der Waals surface area contributed by atoms with E-state index in [0.717, 1.165) is 11.1 Å². The molecule has 3 aliphatic rings. The molecule has 0 heterocycles.